The van der Waals surface area contributed by atoms with E-state index in [-0.39, 0.29) is 11.5 Å². The maximum Gasteiger partial charge on any atom is 0.141 e. The summed E-state index contributed by atoms with van der Waals surface area (Å²) in [5, 5.41) is 16.7. The first-order valence-corrected chi connectivity index (χ1v) is 3.66. The van der Waals surface area contributed by atoms with E-state index in [1.165, 1.54) is 6.08 Å². The van der Waals surface area contributed by atoms with Gasteiger partial charge in [-0.15, -0.1) is 0 Å². The standard InChI is InChI=1S/C9H12N2O/c1-11(2)6-7-4-3-5-8(12)9(7)10/h3-6,10,12H,1-2H3. The lowest BCUT2D eigenvalue weighted by Crippen LogP contribution is -2.11. The average molecular weight is 164 g/mol. The van der Waals surface area contributed by atoms with Crippen molar-refractivity contribution in [1.82, 2.24) is 4.90 Å². The van der Waals surface area contributed by atoms with Gasteiger partial charge in [-0.1, -0.05) is 12.2 Å². The second kappa shape index (κ2) is 3.26. The summed E-state index contributed by atoms with van der Waals surface area (Å²) >= 11 is 0. The number of nitrogens with one attached hydrogen (secondary N) is 1. The van der Waals surface area contributed by atoms with Crippen LogP contribution >= 0.6 is 0 Å². The van der Waals surface area contributed by atoms with Gasteiger partial charge in [0.15, 0.2) is 0 Å². The molecule has 0 spiro atoms. The van der Waals surface area contributed by atoms with Gasteiger partial charge in [-0.3, -0.25) is 5.41 Å². The van der Waals surface area contributed by atoms with Crippen LogP contribution in [0.25, 0.3) is 0 Å². The highest BCUT2D eigenvalue weighted by molar-refractivity contribution is 6.11. The summed E-state index contributed by atoms with van der Waals surface area (Å²) in [6, 6.07) is 0. The van der Waals surface area contributed by atoms with Gasteiger partial charge in [0.05, 0.1) is 0 Å². The molecule has 0 unspecified atom stereocenters. The Morgan fingerprint density at radius 3 is 2.75 bits per heavy atom. The van der Waals surface area contributed by atoms with Crippen molar-refractivity contribution in [3.8, 4) is 0 Å². The zero-order valence-corrected chi connectivity index (χ0v) is 7.20. The lowest BCUT2D eigenvalue weighted by Gasteiger charge is -2.11. The van der Waals surface area contributed by atoms with Crippen molar-refractivity contribution in [1.29, 1.82) is 5.41 Å². The van der Waals surface area contributed by atoms with Crippen LogP contribution in [-0.2, 0) is 0 Å². The van der Waals surface area contributed by atoms with Gasteiger partial charge in [-0.2, -0.15) is 0 Å². The van der Waals surface area contributed by atoms with Gasteiger partial charge < -0.3 is 10.0 Å². The third-order valence-electron chi connectivity index (χ3n) is 1.47. The van der Waals surface area contributed by atoms with Crippen LogP contribution in [-0.4, -0.2) is 29.8 Å². The first-order valence-electron chi connectivity index (χ1n) is 3.66. The van der Waals surface area contributed by atoms with Gasteiger partial charge in [0.2, 0.25) is 0 Å². The maximum absolute atomic E-state index is 9.19. The first kappa shape index (κ1) is 8.59. The summed E-state index contributed by atoms with van der Waals surface area (Å²) < 4.78 is 0. The van der Waals surface area contributed by atoms with Crippen molar-refractivity contribution in [3.05, 3.63) is 35.8 Å². The summed E-state index contributed by atoms with van der Waals surface area (Å²) in [6.07, 6.45) is 6.82. The highest BCUT2D eigenvalue weighted by Gasteiger charge is 2.09. The van der Waals surface area contributed by atoms with Gasteiger partial charge in [0.25, 0.3) is 0 Å². The molecule has 1 aliphatic rings. The number of nitrogens with zero attached hydrogens (tertiary/aromatic N) is 1. The fourth-order valence-corrected chi connectivity index (χ4v) is 0.943. The van der Waals surface area contributed by atoms with Gasteiger partial charge >= 0.3 is 0 Å². The molecule has 1 aliphatic carbocycles. The van der Waals surface area contributed by atoms with Gasteiger partial charge in [0.1, 0.15) is 11.5 Å². The van der Waals surface area contributed by atoms with Gasteiger partial charge in [-0.25, -0.2) is 0 Å². The Hall–Kier alpha value is -1.51. The normalized spacial score (nSPS) is 19.7. The minimum Gasteiger partial charge on any atom is -0.506 e. The topological polar surface area (TPSA) is 47.3 Å². The number of hydrogen-bond donors (Lipinski definition) is 2. The molecule has 0 amide bonds. The fraction of sp³-hybridized carbons (Fsp3) is 0.222. The van der Waals surface area contributed by atoms with Crippen molar-refractivity contribution in [2.45, 2.75) is 0 Å². The number of hydrogen-bond acceptors (Lipinski definition) is 3. The van der Waals surface area contributed by atoms with E-state index in [1.807, 2.05) is 19.0 Å². The smallest absolute Gasteiger partial charge is 0.141 e. The van der Waals surface area contributed by atoms with Crippen molar-refractivity contribution in [2.75, 3.05) is 14.1 Å². The van der Waals surface area contributed by atoms with Crippen LogP contribution in [0, 0.1) is 5.41 Å². The van der Waals surface area contributed by atoms with E-state index in [1.54, 1.807) is 18.4 Å². The van der Waals surface area contributed by atoms with Crippen LogP contribution in [0.5, 0.6) is 0 Å². The molecule has 0 aromatic rings. The van der Waals surface area contributed by atoms with Crippen molar-refractivity contribution in [3.63, 3.8) is 0 Å². The molecule has 0 aromatic heterocycles. The largest absolute Gasteiger partial charge is 0.506 e. The summed E-state index contributed by atoms with van der Waals surface area (Å²) in [5.74, 6) is 0.0191. The van der Waals surface area contributed by atoms with Crippen LogP contribution in [0.15, 0.2) is 35.8 Å². The van der Waals surface area contributed by atoms with E-state index >= 15 is 0 Å². The zero-order valence-electron chi connectivity index (χ0n) is 7.20. The van der Waals surface area contributed by atoms with Crippen molar-refractivity contribution in [2.24, 2.45) is 0 Å². The Kier molecular flexibility index (Phi) is 2.33. The first-order chi connectivity index (χ1) is 5.61. The van der Waals surface area contributed by atoms with Crippen molar-refractivity contribution >= 4 is 5.71 Å². The Balaban J connectivity index is 2.91. The summed E-state index contributed by atoms with van der Waals surface area (Å²) in [5.41, 5.74) is 0.895. The molecule has 0 heterocycles. The molecule has 0 atom stereocenters. The van der Waals surface area contributed by atoms with E-state index in [0.29, 0.717) is 0 Å². The quantitative estimate of drug-likeness (QED) is 0.616. The Bertz CT molecular complexity index is 285. The van der Waals surface area contributed by atoms with E-state index in [4.69, 9.17) is 5.41 Å². The van der Waals surface area contributed by atoms with Crippen LogP contribution < -0.4 is 0 Å². The average Bonchev–Trinajstić information content (AvgIpc) is 1.98. The predicted molar refractivity (Wildman–Crippen MR) is 49.3 cm³/mol. The summed E-state index contributed by atoms with van der Waals surface area (Å²) in [7, 11) is 3.76. The zero-order chi connectivity index (χ0) is 9.14. The Labute approximate surface area is 71.8 Å². The molecule has 0 bridgehead atoms. The predicted octanol–water partition coefficient (Wildman–Crippen LogP) is 1.46. The van der Waals surface area contributed by atoms with E-state index in [9.17, 15) is 5.11 Å². The lowest BCUT2D eigenvalue weighted by molar-refractivity contribution is 0.442. The van der Waals surface area contributed by atoms with Crippen LogP contribution in [0.4, 0.5) is 0 Å². The molecule has 0 aromatic carbocycles. The SMILES string of the molecule is CN(C)C=C1C=CC=C(O)C1=N. The van der Waals surface area contributed by atoms with E-state index in [0.717, 1.165) is 5.57 Å². The third kappa shape index (κ3) is 1.75. The molecule has 64 valence electrons. The fourth-order valence-electron chi connectivity index (χ4n) is 0.943. The number of aliphatic hydroxyl groups is 1. The highest BCUT2D eigenvalue weighted by Crippen LogP contribution is 2.11. The molecular formula is C9H12N2O. The molecule has 3 heteroatoms. The molecule has 12 heavy (non-hydrogen) atoms. The lowest BCUT2D eigenvalue weighted by atomic mass is 10.1. The molecular weight excluding hydrogens is 152 g/mol. The number of rotatable bonds is 1. The minimum absolute atomic E-state index is 0.0191. The molecule has 2 N–H and O–H groups in total. The van der Waals surface area contributed by atoms with Gasteiger partial charge in [0, 0.05) is 25.9 Å². The molecule has 0 fully saturated rings. The Morgan fingerprint density at radius 2 is 2.17 bits per heavy atom. The third-order valence-corrected chi connectivity index (χ3v) is 1.47. The second-order valence-corrected chi connectivity index (χ2v) is 2.83. The minimum atomic E-state index is 0.0191. The van der Waals surface area contributed by atoms with E-state index < -0.39 is 0 Å². The number of allylic oxidation sites excluding steroid dienone is 4. The van der Waals surface area contributed by atoms with Crippen LogP contribution in [0.1, 0.15) is 0 Å². The van der Waals surface area contributed by atoms with Gasteiger partial charge in [-0.05, 0) is 6.08 Å². The molecule has 0 radical (unpaired) electrons. The van der Waals surface area contributed by atoms with Crippen LogP contribution in [0.3, 0.4) is 0 Å². The van der Waals surface area contributed by atoms with Crippen molar-refractivity contribution < 1.29 is 5.11 Å². The second-order valence-electron chi connectivity index (χ2n) is 2.83. The molecule has 0 saturated heterocycles. The highest BCUT2D eigenvalue weighted by atomic mass is 16.3. The summed E-state index contributed by atoms with van der Waals surface area (Å²) in [6.45, 7) is 0. The maximum atomic E-state index is 9.19. The van der Waals surface area contributed by atoms with E-state index in [2.05, 4.69) is 0 Å². The molecule has 3 nitrogen and oxygen atoms in total. The monoisotopic (exact) mass is 164 g/mol. The molecule has 1 rings (SSSR count). The molecule has 0 aliphatic heterocycles. The molecule has 0 saturated carbocycles. The Morgan fingerprint density at radius 1 is 1.50 bits per heavy atom. The summed E-state index contributed by atoms with van der Waals surface area (Å²) in [4.78, 5) is 1.84. The number of aliphatic hydroxyl groups excluding tert-OH is 1. The van der Waals surface area contributed by atoms with Crippen LogP contribution in [0.2, 0.25) is 0 Å².